The molecule has 2 amide bonds. The minimum atomic E-state index is -0.576. The van der Waals surface area contributed by atoms with E-state index in [9.17, 15) is 9.59 Å². The largest absolute Gasteiger partial charge is 0.344 e. The molecule has 0 saturated carbocycles. The molecule has 1 aromatic rings. The van der Waals surface area contributed by atoms with E-state index in [1.807, 2.05) is 19.9 Å². The number of amides is 2. The van der Waals surface area contributed by atoms with E-state index in [0.717, 1.165) is 0 Å². The van der Waals surface area contributed by atoms with Crippen molar-refractivity contribution in [3.63, 3.8) is 0 Å². The van der Waals surface area contributed by atoms with Crippen molar-refractivity contribution >= 4 is 17.5 Å². The Labute approximate surface area is 112 Å². The number of nitrogens with zero attached hydrogens (tertiary/aromatic N) is 1. The molecule has 1 atom stereocenters. The van der Waals surface area contributed by atoms with Gasteiger partial charge < -0.3 is 10.6 Å². The van der Waals surface area contributed by atoms with Crippen molar-refractivity contribution in [1.29, 1.82) is 5.26 Å². The molecule has 1 rings (SSSR count). The summed E-state index contributed by atoms with van der Waals surface area (Å²) >= 11 is 0. The third-order valence-corrected chi connectivity index (χ3v) is 2.59. The molecule has 0 unspecified atom stereocenters. The second-order valence-electron chi connectivity index (χ2n) is 4.60. The maximum absolute atomic E-state index is 12.1. The fourth-order valence-corrected chi connectivity index (χ4v) is 1.60. The van der Waals surface area contributed by atoms with Gasteiger partial charge in [0.25, 0.3) is 0 Å². The summed E-state index contributed by atoms with van der Waals surface area (Å²) in [5.74, 6) is -0.522. The van der Waals surface area contributed by atoms with Crippen LogP contribution in [-0.4, -0.2) is 17.9 Å². The summed E-state index contributed by atoms with van der Waals surface area (Å²) in [7, 11) is 0. The van der Waals surface area contributed by atoms with E-state index in [2.05, 4.69) is 10.6 Å². The average Bonchev–Trinajstić information content (AvgIpc) is 2.36. The van der Waals surface area contributed by atoms with Crippen LogP contribution in [0.2, 0.25) is 0 Å². The van der Waals surface area contributed by atoms with E-state index in [4.69, 9.17) is 5.26 Å². The maximum atomic E-state index is 12.1. The number of hydrogen-bond acceptors (Lipinski definition) is 3. The van der Waals surface area contributed by atoms with E-state index in [1.54, 1.807) is 24.3 Å². The molecule has 5 nitrogen and oxygen atoms in total. The van der Waals surface area contributed by atoms with Crippen LogP contribution in [0.25, 0.3) is 0 Å². The van der Waals surface area contributed by atoms with Crippen LogP contribution in [0.3, 0.4) is 0 Å². The molecule has 0 spiro atoms. The first-order chi connectivity index (χ1) is 8.93. The van der Waals surface area contributed by atoms with Gasteiger partial charge in [-0.2, -0.15) is 5.26 Å². The Kier molecular flexibility index (Phi) is 5.07. The predicted octanol–water partition coefficient (Wildman–Crippen LogP) is 1.66. The van der Waals surface area contributed by atoms with E-state index < -0.39 is 6.04 Å². The van der Waals surface area contributed by atoms with Gasteiger partial charge in [-0.15, -0.1) is 0 Å². The highest BCUT2D eigenvalue weighted by molar-refractivity contribution is 5.97. The fraction of sp³-hybridized carbons (Fsp3) is 0.357. The summed E-state index contributed by atoms with van der Waals surface area (Å²) < 4.78 is 0. The maximum Gasteiger partial charge on any atom is 0.247 e. The lowest BCUT2D eigenvalue weighted by atomic mass is 10.0. The molecule has 0 aliphatic heterocycles. The van der Waals surface area contributed by atoms with Gasteiger partial charge in [0, 0.05) is 12.6 Å². The summed E-state index contributed by atoms with van der Waals surface area (Å²) in [6, 6.07) is 7.98. The quantitative estimate of drug-likeness (QED) is 0.862. The Morgan fingerprint density at radius 2 is 1.79 bits per heavy atom. The van der Waals surface area contributed by atoms with Gasteiger partial charge in [-0.3, -0.25) is 9.59 Å². The van der Waals surface area contributed by atoms with Gasteiger partial charge in [-0.1, -0.05) is 13.8 Å². The smallest absolute Gasteiger partial charge is 0.247 e. The monoisotopic (exact) mass is 259 g/mol. The zero-order valence-electron chi connectivity index (χ0n) is 11.2. The zero-order valence-corrected chi connectivity index (χ0v) is 11.2. The number of nitriles is 1. The molecule has 2 N–H and O–H groups in total. The molecular formula is C14H17N3O2. The van der Waals surface area contributed by atoms with Crippen LogP contribution in [0.1, 0.15) is 26.3 Å². The standard InChI is InChI=1S/C14H17N3O2/c1-9(2)13(16-10(3)18)14(19)17-12-6-4-11(8-15)5-7-12/h4-7,9,13H,1-3H3,(H,16,18)(H,17,19)/t13-/m1/s1. The molecule has 0 aromatic heterocycles. The lowest BCUT2D eigenvalue weighted by Gasteiger charge is -2.20. The lowest BCUT2D eigenvalue weighted by molar-refractivity contribution is -0.126. The molecule has 5 heteroatoms. The molecule has 0 aliphatic rings. The van der Waals surface area contributed by atoms with Gasteiger partial charge in [0.05, 0.1) is 11.6 Å². The van der Waals surface area contributed by atoms with Crippen LogP contribution < -0.4 is 10.6 Å². The Bertz CT molecular complexity index is 500. The van der Waals surface area contributed by atoms with Crippen molar-refractivity contribution in [3.8, 4) is 6.07 Å². The number of rotatable bonds is 4. The lowest BCUT2D eigenvalue weighted by Crippen LogP contribution is -2.46. The highest BCUT2D eigenvalue weighted by Crippen LogP contribution is 2.11. The summed E-state index contributed by atoms with van der Waals surface area (Å²) in [4.78, 5) is 23.1. The normalized spacial score (nSPS) is 11.5. The molecule has 0 saturated heterocycles. The number of anilines is 1. The number of carbonyl (C=O) groups excluding carboxylic acids is 2. The van der Waals surface area contributed by atoms with E-state index in [0.29, 0.717) is 11.3 Å². The van der Waals surface area contributed by atoms with Crippen LogP contribution in [0, 0.1) is 17.2 Å². The number of benzene rings is 1. The third-order valence-electron chi connectivity index (χ3n) is 2.59. The third kappa shape index (κ3) is 4.43. The second-order valence-corrected chi connectivity index (χ2v) is 4.60. The van der Waals surface area contributed by atoms with Gasteiger partial charge in [-0.25, -0.2) is 0 Å². The first-order valence-electron chi connectivity index (χ1n) is 6.02. The number of carbonyl (C=O) groups is 2. The number of nitrogens with one attached hydrogen (secondary N) is 2. The van der Waals surface area contributed by atoms with Crippen LogP contribution in [-0.2, 0) is 9.59 Å². The average molecular weight is 259 g/mol. The Hall–Kier alpha value is -2.35. The minimum Gasteiger partial charge on any atom is -0.344 e. The molecule has 100 valence electrons. The Morgan fingerprint density at radius 1 is 1.21 bits per heavy atom. The highest BCUT2D eigenvalue weighted by atomic mass is 16.2. The number of hydrogen-bond donors (Lipinski definition) is 2. The first kappa shape index (κ1) is 14.7. The highest BCUT2D eigenvalue weighted by Gasteiger charge is 2.22. The van der Waals surface area contributed by atoms with Crippen molar-refractivity contribution in [2.24, 2.45) is 5.92 Å². The van der Waals surface area contributed by atoms with E-state index in [1.165, 1.54) is 6.92 Å². The van der Waals surface area contributed by atoms with Crippen molar-refractivity contribution < 1.29 is 9.59 Å². The van der Waals surface area contributed by atoms with Crippen LogP contribution in [0.4, 0.5) is 5.69 Å². The minimum absolute atomic E-state index is 0.0118. The van der Waals surface area contributed by atoms with Gasteiger partial charge in [-0.05, 0) is 30.2 Å². The van der Waals surface area contributed by atoms with Crippen LogP contribution in [0.15, 0.2) is 24.3 Å². The molecule has 0 bridgehead atoms. The van der Waals surface area contributed by atoms with Gasteiger partial charge in [0.2, 0.25) is 11.8 Å². The second kappa shape index (κ2) is 6.55. The molecule has 0 aliphatic carbocycles. The molecule has 0 heterocycles. The van der Waals surface area contributed by atoms with Gasteiger partial charge >= 0.3 is 0 Å². The Balaban J connectivity index is 2.75. The first-order valence-corrected chi connectivity index (χ1v) is 6.02. The summed E-state index contributed by atoms with van der Waals surface area (Å²) in [5, 5.41) is 14.0. The van der Waals surface area contributed by atoms with Gasteiger partial charge in [0.15, 0.2) is 0 Å². The van der Waals surface area contributed by atoms with Crippen molar-refractivity contribution in [2.45, 2.75) is 26.8 Å². The predicted molar refractivity (Wildman–Crippen MR) is 72.2 cm³/mol. The molecular weight excluding hydrogens is 242 g/mol. The van der Waals surface area contributed by atoms with Crippen molar-refractivity contribution in [1.82, 2.24) is 5.32 Å². The molecule has 0 fully saturated rings. The Morgan fingerprint density at radius 3 is 2.21 bits per heavy atom. The molecule has 19 heavy (non-hydrogen) atoms. The van der Waals surface area contributed by atoms with Crippen molar-refractivity contribution in [2.75, 3.05) is 5.32 Å². The van der Waals surface area contributed by atoms with E-state index >= 15 is 0 Å². The zero-order chi connectivity index (χ0) is 14.4. The summed E-state index contributed by atoms with van der Waals surface area (Å²) in [5.41, 5.74) is 1.13. The summed E-state index contributed by atoms with van der Waals surface area (Å²) in [6.45, 7) is 5.10. The molecule has 0 radical (unpaired) electrons. The van der Waals surface area contributed by atoms with Crippen molar-refractivity contribution in [3.05, 3.63) is 29.8 Å². The SMILES string of the molecule is CC(=O)N[C@@H](C(=O)Nc1ccc(C#N)cc1)C(C)C. The molecule has 1 aromatic carbocycles. The fourth-order valence-electron chi connectivity index (χ4n) is 1.60. The topological polar surface area (TPSA) is 82.0 Å². The van der Waals surface area contributed by atoms with Gasteiger partial charge in [0.1, 0.15) is 6.04 Å². The van der Waals surface area contributed by atoms with Crippen LogP contribution >= 0.6 is 0 Å². The van der Waals surface area contributed by atoms with Crippen LogP contribution in [0.5, 0.6) is 0 Å². The summed E-state index contributed by atoms with van der Waals surface area (Å²) in [6.07, 6.45) is 0. The van der Waals surface area contributed by atoms with E-state index in [-0.39, 0.29) is 17.7 Å².